The molecule has 0 amide bonds. The Labute approximate surface area is 163 Å². The third kappa shape index (κ3) is 3.36. The first-order valence-electron chi connectivity index (χ1n) is 10.5. The van der Waals surface area contributed by atoms with Gasteiger partial charge in [-0.3, -0.25) is 14.8 Å². The molecular formula is C22H20N4O. The SMILES string of the molecule is [2H]c1c([2H])c(C(=O)Cc2cc3cc(-c4cnc(C)n4C)cnc3cn2)c([2H])c([2H])c1C. The molecule has 0 spiro atoms. The molecule has 5 heteroatoms. The highest BCUT2D eigenvalue weighted by molar-refractivity contribution is 5.97. The van der Waals surface area contributed by atoms with E-state index in [0.29, 0.717) is 11.2 Å². The monoisotopic (exact) mass is 360 g/mol. The van der Waals surface area contributed by atoms with Gasteiger partial charge in [-0.15, -0.1) is 0 Å². The highest BCUT2D eigenvalue weighted by Gasteiger charge is 2.11. The average Bonchev–Trinajstić information content (AvgIpc) is 3.09. The molecule has 0 fully saturated rings. The van der Waals surface area contributed by atoms with Gasteiger partial charge in [-0.25, -0.2) is 4.98 Å². The number of aromatic nitrogens is 4. The number of hydrogen-bond acceptors (Lipinski definition) is 4. The van der Waals surface area contributed by atoms with Crippen LogP contribution in [-0.4, -0.2) is 25.3 Å². The van der Waals surface area contributed by atoms with Crippen LogP contribution >= 0.6 is 0 Å². The number of carbonyl (C=O) groups is 1. The second-order valence-corrected chi connectivity index (χ2v) is 6.44. The summed E-state index contributed by atoms with van der Waals surface area (Å²) in [6.07, 6.45) is 4.98. The fourth-order valence-electron chi connectivity index (χ4n) is 2.85. The highest BCUT2D eigenvalue weighted by atomic mass is 16.1. The number of hydrogen-bond donors (Lipinski definition) is 0. The summed E-state index contributed by atoms with van der Waals surface area (Å²) >= 11 is 0. The van der Waals surface area contributed by atoms with E-state index in [1.54, 1.807) is 24.7 Å². The third-order valence-electron chi connectivity index (χ3n) is 4.51. The molecule has 5 nitrogen and oxygen atoms in total. The molecule has 0 radical (unpaired) electrons. The number of nitrogens with zero attached hydrogens (tertiary/aromatic N) is 4. The van der Waals surface area contributed by atoms with Crippen molar-refractivity contribution in [2.24, 2.45) is 7.05 Å². The summed E-state index contributed by atoms with van der Waals surface area (Å²) in [7, 11) is 1.93. The second kappa shape index (κ2) is 6.76. The van der Waals surface area contributed by atoms with Gasteiger partial charge < -0.3 is 4.57 Å². The van der Waals surface area contributed by atoms with Crippen LogP contribution in [0, 0.1) is 13.8 Å². The van der Waals surface area contributed by atoms with E-state index < -0.39 is 5.78 Å². The van der Waals surface area contributed by atoms with E-state index in [4.69, 9.17) is 5.48 Å². The minimum Gasteiger partial charge on any atom is -0.331 e. The van der Waals surface area contributed by atoms with E-state index in [1.807, 2.05) is 24.6 Å². The number of rotatable bonds is 4. The van der Waals surface area contributed by atoms with Gasteiger partial charge in [0.25, 0.3) is 0 Å². The summed E-state index contributed by atoms with van der Waals surface area (Å²) < 4.78 is 34.1. The molecule has 0 aliphatic heterocycles. The molecule has 0 bridgehead atoms. The van der Waals surface area contributed by atoms with Crippen molar-refractivity contribution >= 4 is 16.7 Å². The Morgan fingerprint density at radius 1 is 1.04 bits per heavy atom. The lowest BCUT2D eigenvalue weighted by Crippen LogP contribution is -2.05. The molecule has 134 valence electrons. The van der Waals surface area contributed by atoms with E-state index >= 15 is 0 Å². The number of pyridine rings is 2. The minimum absolute atomic E-state index is 0.134. The van der Waals surface area contributed by atoms with Crippen LogP contribution in [0.15, 0.2) is 54.9 Å². The van der Waals surface area contributed by atoms with Crippen molar-refractivity contribution in [3.63, 3.8) is 0 Å². The molecule has 0 saturated carbocycles. The zero-order chi connectivity index (χ0) is 22.4. The number of Topliss-reactive ketones (excluding diaryl/α,β-unsaturated/α-hetero) is 1. The van der Waals surface area contributed by atoms with Gasteiger partial charge >= 0.3 is 0 Å². The molecular weight excluding hydrogens is 336 g/mol. The third-order valence-corrected chi connectivity index (χ3v) is 4.51. The van der Waals surface area contributed by atoms with Crippen LogP contribution in [0.5, 0.6) is 0 Å². The van der Waals surface area contributed by atoms with Crippen molar-refractivity contribution < 1.29 is 10.3 Å². The Morgan fingerprint density at radius 3 is 2.52 bits per heavy atom. The second-order valence-electron chi connectivity index (χ2n) is 6.44. The van der Waals surface area contributed by atoms with Crippen molar-refractivity contribution in [1.82, 2.24) is 19.5 Å². The van der Waals surface area contributed by atoms with Crippen LogP contribution in [0.2, 0.25) is 0 Å². The summed E-state index contributed by atoms with van der Waals surface area (Å²) in [6.45, 7) is 3.43. The van der Waals surface area contributed by atoms with Gasteiger partial charge in [-0.1, -0.05) is 29.7 Å². The molecule has 4 rings (SSSR count). The molecule has 1 aromatic carbocycles. The first kappa shape index (κ1) is 12.9. The Morgan fingerprint density at radius 2 is 1.81 bits per heavy atom. The number of fused-ring (bicyclic) bond motifs is 1. The van der Waals surface area contributed by atoms with E-state index in [2.05, 4.69) is 15.0 Å². The molecule has 0 aliphatic rings. The van der Waals surface area contributed by atoms with Gasteiger partial charge in [0.05, 0.1) is 35.5 Å². The van der Waals surface area contributed by atoms with Gasteiger partial charge in [0.2, 0.25) is 0 Å². The number of benzene rings is 1. The standard InChI is InChI=1S/C22H20N4O/c1-14-4-6-16(7-5-14)22(27)10-19-9-17-8-18(11-25-20(17)12-24-19)21-13-23-15(2)26(21)3/h4-9,11-13H,10H2,1-3H3/i4D,5D,6D,7D. The zero-order valence-electron chi connectivity index (χ0n) is 19.3. The number of imidazole rings is 1. The van der Waals surface area contributed by atoms with Gasteiger partial charge in [0.1, 0.15) is 5.82 Å². The largest absolute Gasteiger partial charge is 0.331 e. The topological polar surface area (TPSA) is 60.7 Å². The van der Waals surface area contributed by atoms with Crippen LogP contribution in [-0.2, 0) is 13.5 Å². The van der Waals surface area contributed by atoms with Crippen molar-refractivity contribution in [3.05, 3.63) is 77.5 Å². The predicted molar refractivity (Wildman–Crippen MR) is 106 cm³/mol. The van der Waals surface area contributed by atoms with Gasteiger partial charge in [0.15, 0.2) is 5.78 Å². The molecule has 0 N–H and O–H groups in total. The smallest absolute Gasteiger partial charge is 0.168 e. The number of carbonyl (C=O) groups excluding carboxylic acids is 1. The van der Waals surface area contributed by atoms with Crippen LogP contribution in [0.3, 0.4) is 0 Å². The molecule has 0 aliphatic carbocycles. The average molecular weight is 360 g/mol. The number of ketones is 1. The van der Waals surface area contributed by atoms with Crippen molar-refractivity contribution in [1.29, 1.82) is 0 Å². The fourth-order valence-corrected chi connectivity index (χ4v) is 2.85. The van der Waals surface area contributed by atoms with Crippen molar-refractivity contribution in [3.8, 4) is 11.3 Å². The molecule has 3 heterocycles. The van der Waals surface area contributed by atoms with Gasteiger partial charge in [0, 0.05) is 35.5 Å². The lowest BCUT2D eigenvalue weighted by atomic mass is 10.0. The Balaban J connectivity index is 1.71. The zero-order valence-corrected chi connectivity index (χ0v) is 15.3. The van der Waals surface area contributed by atoms with Crippen LogP contribution in [0.1, 0.15) is 32.9 Å². The maximum atomic E-state index is 12.9. The lowest BCUT2D eigenvalue weighted by molar-refractivity contribution is 0.0992. The van der Waals surface area contributed by atoms with Crippen molar-refractivity contribution in [2.75, 3.05) is 0 Å². The normalized spacial score (nSPS) is 13.1. The predicted octanol–water partition coefficient (Wildman–Crippen LogP) is 4.07. The molecule has 0 unspecified atom stereocenters. The number of aryl methyl sites for hydroxylation is 1. The molecule has 3 aromatic heterocycles. The maximum absolute atomic E-state index is 12.9. The van der Waals surface area contributed by atoms with Crippen LogP contribution in [0.25, 0.3) is 22.2 Å². The Hall–Kier alpha value is -3.34. The Bertz CT molecular complexity index is 1330. The van der Waals surface area contributed by atoms with Gasteiger partial charge in [-0.05, 0) is 26.0 Å². The summed E-state index contributed by atoms with van der Waals surface area (Å²) in [4.78, 5) is 25.9. The molecule has 0 atom stereocenters. The minimum atomic E-state index is -0.504. The quantitative estimate of drug-likeness (QED) is 0.515. The fraction of sp³-hybridized carbons (Fsp3) is 0.182. The first-order valence-corrected chi connectivity index (χ1v) is 8.52. The van der Waals surface area contributed by atoms with Gasteiger partial charge in [-0.2, -0.15) is 0 Å². The van der Waals surface area contributed by atoms with E-state index in [0.717, 1.165) is 22.5 Å². The van der Waals surface area contributed by atoms with E-state index in [1.165, 1.54) is 6.92 Å². The van der Waals surface area contributed by atoms with Crippen LogP contribution < -0.4 is 0 Å². The summed E-state index contributed by atoms with van der Waals surface area (Å²) in [6, 6.07) is 2.68. The molecule has 27 heavy (non-hydrogen) atoms. The summed E-state index contributed by atoms with van der Waals surface area (Å²) in [5, 5.41) is 0.803. The lowest BCUT2D eigenvalue weighted by Gasteiger charge is -2.07. The Kier molecular flexibility index (Phi) is 3.24. The van der Waals surface area contributed by atoms with Crippen LogP contribution in [0.4, 0.5) is 0 Å². The summed E-state index contributed by atoms with van der Waals surface area (Å²) in [5.74, 6) is 0.379. The molecule has 4 aromatic rings. The van der Waals surface area contributed by atoms with Crippen molar-refractivity contribution in [2.45, 2.75) is 20.3 Å². The molecule has 0 saturated heterocycles. The van der Waals surface area contributed by atoms with E-state index in [-0.39, 0.29) is 41.7 Å². The highest BCUT2D eigenvalue weighted by Crippen LogP contribution is 2.23. The maximum Gasteiger partial charge on any atom is 0.168 e. The van der Waals surface area contributed by atoms with E-state index in [9.17, 15) is 4.79 Å². The first-order chi connectivity index (χ1) is 14.7. The summed E-state index contributed by atoms with van der Waals surface area (Å²) in [5.41, 5.74) is 2.97.